The minimum absolute atomic E-state index is 0.168. The molecule has 0 unspecified atom stereocenters. The number of nitrogens with zero attached hydrogens (tertiary/aromatic N) is 2. The molecule has 2 aromatic heterocycles. The normalized spacial score (nSPS) is 9.95. The molecule has 0 radical (unpaired) electrons. The smallest absolute Gasteiger partial charge is 0.354 e. The summed E-state index contributed by atoms with van der Waals surface area (Å²) in [5, 5.41) is 11.5. The van der Waals surface area contributed by atoms with Crippen LogP contribution in [-0.2, 0) is 0 Å². The van der Waals surface area contributed by atoms with Crippen LogP contribution in [0.5, 0.6) is 0 Å². The number of carboxylic acids is 1. The molecule has 0 atom stereocenters. The lowest BCUT2D eigenvalue weighted by Gasteiger charge is -2.05. The van der Waals surface area contributed by atoms with Gasteiger partial charge in [0.25, 0.3) is 5.91 Å². The first-order valence-electron chi connectivity index (χ1n) is 5.49. The van der Waals surface area contributed by atoms with Gasteiger partial charge in [-0.05, 0) is 31.2 Å². The molecule has 19 heavy (non-hydrogen) atoms. The zero-order valence-electron chi connectivity index (χ0n) is 10.1. The van der Waals surface area contributed by atoms with Gasteiger partial charge in [-0.3, -0.25) is 9.78 Å². The molecule has 0 aromatic carbocycles. The predicted molar refractivity (Wildman–Crippen MR) is 68.1 cm³/mol. The fourth-order valence-corrected chi connectivity index (χ4v) is 1.52. The van der Waals surface area contributed by atoms with E-state index in [0.29, 0.717) is 5.69 Å². The molecule has 2 N–H and O–H groups in total. The van der Waals surface area contributed by atoms with Crippen LogP contribution in [0.3, 0.4) is 0 Å². The Bertz CT molecular complexity index is 641. The molecule has 0 aliphatic heterocycles. The molecule has 1 amide bonds. The monoisotopic (exact) mass is 257 g/mol. The van der Waals surface area contributed by atoms with Crippen molar-refractivity contribution in [1.82, 2.24) is 9.97 Å². The van der Waals surface area contributed by atoms with E-state index in [1.807, 2.05) is 6.92 Å². The summed E-state index contributed by atoms with van der Waals surface area (Å²) in [6, 6.07) is 6.06. The van der Waals surface area contributed by atoms with Crippen molar-refractivity contribution >= 4 is 17.6 Å². The molecule has 0 saturated carbocycles. The molecule has 0 fully saturated rings. The van der Waals surface area contributed by atoms with Crippen molar-refractivity contribution in [1.29, 1.82) is 0 Å². The fraction of sp³-hybridized carbons (Fsp3) is 0.0769. The highest BCUT2D eigenvalue weighted by Gasteiger charge is 2.10. The molecule has 96 valence electrons. The van der Waals surface area contributed by atoms with Crippen molar-refractivity contribution in [2.24, 2.45) is 0 Å². The second kappa shape index (κ2) is 5.26. The number of hydrogen-bond donors (Lipinski definition) is 2. The summed E-state index contributed by atoms with van der Waals surface area (Å²) >= 11 is 0. The van der Waals surface area contributed by atoms with Gasteiger partial charge in [0.2, 0.25) is 0 Å². The van der Waals surface area contributed by atoms with E-state index in [0.717, 1.165) is 5.69 Å². The Labute approximate surface area is 109 Å². The largest absolute Gasteiger partial charge is 0.477 e. The molecule has 6 nitrogen and oxygen atoms in total. The van der Waals surface area contributed by atoms with Crippen LogP contribution in [-0.4, -0.2) is 27.0 Å². The highest BCUT2D eigenvalue weighted by Crippen LogP contribution is 2.10. The third kappa shape index (κ3) is 3.12. The van der Waals surface area contributed by atoms with E-state index in [4.69, 9.17) is 5.11 Å². The third-order valence-electron chi connectivity index (χ3n) is 2.40. The molecular weight excluding hydrogens is 246 g/mol. The number of anilines is 1. The summed E-state index contributed by atoms with van der Waals surface area (Å²) in [7, 11) is 0. The molecule has 6 heteroatoms. The van der Waals surface area contributed by atoms with E-state index in [1.54, 1.807) is 18.3 Å². The number of aromatic nitrogens is 2. The summed E-state index contributed by atoms with van der Waals surface area (Å²) in [5.74, 6) is -1.56. The summed E-state index contributed by atoms with van der Waals surface area (Å²) in [4.78, 5) is 30.4. The van der Waals surface area contributed by atoms with E-state index in [2.05, 4.69) is 15.3 Å². The Morgan fingerprint density at radius 1 is 1.16 bits per heavy atom. The van der Waals surface area contributed by atoms with Crippen molar-refractivity contribution in [3.8, 4) is 0 Å². The van der Waals surface area contributed by atoms with Gasteiger partial charge in [-0.2, -0.15) is 0 Å². The molecule has 2 rings (SSSR count). The van der Waals surface area contributed by atoms with Crippen LogP contribution in [0.2, 0.25) is 0 Å². The first-order chi connectivity index (χ1) is 9.06. The van der Waals surface area contributed by atoms with Crippen molar-refractivity contribution in [3.05, 3.63) is 53.6 Å². The SMILES string of the molecule is Cc1cc(NC(=O)c2ccnc(C(=O)O)c2)ccn1. The van der Waals surface area contributed by atoms with Gasteiger partial charge in [-0.1, -0.05) is 0 Å². The molecule has 0 spiro atoms. The van der Waals surface area contributed by atoms with Crippen molar-refractivity contribution < 1.29 is 14.7 Å². The minimum Gasteiger partial charge on any atom is -0.477 e. The highest BCUT2D eigenvalue weighted by atomic mass is 16.4. The van der Waals surface area contributed by atoms with Gasteiger partial charge < -0.3 is 10.4 Å². The average Bonchev–Trinajstić information content (AvgIpc) is 2.39. The number of aryl methyl sites for hydroxylation is 1. The lowest BCUT2D eigenvalue weighted by atomic mass is 10.2. The number of pyridine rings is 2. The van der Waals surface area contributed by atoms with Gasteiger partial charge in [-0.25, -0.2) is 9.78 Å². The number of carboxylic acid groups (broad SMARTS) is 1. The predicted octanol–water partition coefficient (Wildman–Crippen LogP) is 1.74. The number of carbonyl (C=O) groups is 2. The second-order valence-electron chi connectivity index (χ2n) is 3.87. The van der Waals surface area contributed by atoms with E-state index >= 15 is 0 Å². The van der Waals surface area contributed by atoms with Crippen LogP contribution >= 0.6 is 0 Å². The van der Waals surface area contributed by atoms with Gasteiger partial charge in [0.15, 0.2) is 0 Å². The van der Waals surface area contributed by atoms with Crippen LogP contribution in [0.15, 0.2) is 36.7 Å². The van der Waals surface area contributed by atoms with Crippen LogP contribution in [0, 0.1) is 6.92 Å². The molecule has 0 saturated heterocycles. The van der Waals surface area contributed by atoms with Gasteiger partial charge in [0.1, 0.15) is 5.69 Å². The standard InChI is InChI=1S/C13H11N3O3/c1-8-6-10(3-5-14-8)16-12(17)9-2-4-15-11(7-9)13(18)19/h2-7H,1H3,(H,18,19)(H,14,16,17). The van der Waals surface area contributed by atoms with Crippen molar-refractivity contribution in [3.63, 3.8) is 0 Å². The fourth-order valence-electron chi connectivity index (χ4n) is 1.52. The van der Waals surface area contributed by atoms with Crippen molar-refractivity contribution in [2.75, 3.05) is 5.32 Å². The average molecular weight is 257 g/mol. The van der Waals surface area contributed by atoms with Crippen molar-refractivity contribution in [2.45, 2.75) is 6.92 Å². The molecular formula is C13H11N3O3. The van der Waals surface area contributed by atoms with Gasteiger partial charge >= 0.3 is 5.97 Å². The summed E-state index contributed by atoms with van der Waals surface area (Å²) in [5.41, 5.74) is 1.45. The summed E-state index contributed by atoms with van der Waals surface area (Å²) in [6.07, 6.45) is 2.87. The first kappa shape index (κ1) is 12.7. The summed E-state index contributed by atoms with van der Waals surface area (Å²) < 4.78 is 0. The summed E-state index contributed by atoms with van der Waals surface area (Å²) in [6.45, 7) is 1.81. The third-order valence-corrected chi connectivity index (χ3v) is 2.40. The zero-order valence-corrected chi connectivity index (χ0v) is 10.1. The maximum atomic E-state index is 11.9. The quantitative estimate of drug-likeness (QED) is 0.873. The number of nitrogens with one attached hydrogen (secondary N) is 1. The van der Waals surface area contributed by atoms with E-state index < -0.39 is 11.9 Å². The number of aromatic carboxylic acids is 1. The lowest BCUT2D eigenvalue weighted by Crippen LogP contribution is -2.13. The van der Waals surface area contributed by atoms with E-state index in [9.17, 15) is 9.59 Å². The topological polar surface area (TPSA) is 92.2 Å². The van der Waals surface area contributed by atoms with Crippen LogP contribution in [0.1, 0.15) is 26.5 Å². The Balaban J connectivity index is 2.20. The van der Waals surface area contributed by atoms with Crippen LogP contribution in [0.4, 0.5) is 5.69 Å². The number of hydrogen-bond acceptors (Lipinski definition) is 4. The number of rotatable bonds is 3. The lowest BCUT2D eigenvalue weighted by molar-refractivity contribution is 0.0690. The Morgan fingerprint density at radius 3 is 2.58 bits per heavy atom. The maximum absolute atomic E-state index is 11.9. The van der Waals surface area contributed by atoms with Crippen LogP contribution < -0.4 is 5.32 Å². The molecule has 0 aliphatic rings. The zero-order chi connectivity index (χ0) is 13.8. The van der Waals surface area contributed by atoms with Crippen LogP contribution in [0.25, 0.3) is 0 Å². The Kier molecular flexibility index (Phi) is 3.51. The molecule has 0 aliphatic carbocycles. The van der Waals surface area contributed by atoms with E-state index in [-0.39, 0.29) is 11.3 Å². The highest BCUT2D eigenvalue weighted by molar-refractivity contribution is 6.05. The van der Waals surface area contributed by atoms with E-state index in [1.165, 1.54) is 18.3 Å². The first-order valence-corrected chi connectivity index (χ1v) is 5.49. The Hall–Kier alpha value is -2.76. The number of carbonyl (C=O) groups excluding carboxylic acids is 1. The minimum atomic E-state index is -1.17. The second-order valence-corrected chi connectivity index (χ2v) is 3.87. The Morgan fingerprint density at radius 2 is 1.89 bits per heavy atom. The molecule has 2 heterocycles. The van der Waals surface area contributed by atoms with Gasteiger partial charge in [0, 0.05) is 29.3 Å². The molecule has 2 aromatic rings. The molecule has 0 bridgehead atoms. The van der Waals surface area contributed by atoms with Gasteiger partial charge in [-0.15, -0.1) is 0 Å². The van der Waals surface area contributed by atoms with Gasteiger partial charge in [0.05, 0.1) is 0 Å². The number of amides is 1. The maximum Gasteiger partial charge on any atom is 0.354 e.